The van der Waals surface area contributed by atoms with Crippen LogP contribution < -0.4 is 5.56 Å². The Balaban J connectivity index is 1.46. The molecule has 2 aromatic carbocycles. The Bertz CT molecular complexity index is 1150. The number of hydrogen-bond acceptors (Lipinski definition) is 4. The summed E-state index contributed by atoms with van der Waals surface area (Å²) in [7, 11) is 0. The van der Waals surface area contributed by atoms with E-state index in [1.807, 2.05) is 54.3 Å². The molecule has 5 rings (SSSR count). The first-order chi connectivity index (χ1) is 14.6. The Labute approximate surface area is 175 Å². The lowest BCUT2D eigenvalue weighted by molar-refractivity contribution is -0.0752. The van der Waals surface area contributed by atoms with E-state index < -0.39 is 0 Å². The van der Waals surface area contributed by atoms with E-state index in [0.717, 1.165) is 19.3 Å². The fraction of sp³-hybridized carbons (Fsp3) is 0.375. The minimum Gasteiger partial charge on any atom is -0.374 e. The lowest BCUT2D eigenvalue weighted by atomic mass is 9.89. The number of morpholine rings is 1. The highest BCUT2D eigenvalue weighted by Gasteiger charge is 2.36. The van der Waals surface area contributed by atoms with E-state index in [9.17, 15) is 9.59 Å². The van der Waals surface area contributed by atoms with Crippen molar-refractivity contribution in [3.63, 3.8) is 0 Å². The number of benzene rings is 2. The van der Waals surface area contributed by atoms with Gasteiger partial charge in [-0.25, -0.2) is 4.98 Å². The minimum atomic E-state index is -0.101. The van der Waals surface area contributed by atoms with Crippen LogP contribution in [0.3, 0.4) is 0 Å². The molecule has 3 aromatic rings. The van der Waals surface area contributed by atoms with Crippen molar-refractivity contribution >= 4 is 16.8 Å². The average Bonchev–Trinajstić information content (AvgIpc) is 2.79. The number of carbonyl (C=O) groups excluding carboxylic acids is 1. The number of carbonyl (C=O) groups is 1. The molecule has 1 amide bonds. The average molecular weight is 403 g/mol. The summed E-state index contributed by atoms with van der Waals surface area (Å²) < 4.78 is 7.50. The van der Waals surface area contributed by atoms with Gasteiger partial charge in [-0.2, -0.15) is 0 Å². The van der Waals surface area contributed by atoms with Crippen LogP contribution in [-0.4, -0.2) is 45.7 Å². The molecule has 1 aromatic heterocycles. The van der Waals surface area contributed by atoms with E-state index in [0.29, 0.717) is 41.1 Å². The second kappa shape index (κ2) is 7.69. The number of aryl methyl sites for hydroxylation is 1. The molecule has 0 bridgehead atoms. The summed E-state index contributed by atoms with van der Waals surface area (Å²) in [6.45, 7) is 3.06. The third-order valence-electron chi connectivity index (χ3n) is 6.31. The number of nitrogens with zero attached hydrogens (tertiary/aromatic N) is 3. The van der Waals surface area contributed by atoms with E-state index in [1.54, 1.807) is 10.6 Å². The van der Waals surface area contributed by atoms with Gasteiger partial charge in [0.05, 0.1) is 35.3 Å². The Hall–Kier alpha value is -2.99. The molecule has 1 aliphatic heterocycles. The van der Waals surface area contributed by atoms with Crippen LogP contribution in [-0.2, 0) is 4.74 Å². The summed E-state index contributed by atoms with van der Waals surface area (Å²) in [6, 6.07) is 14.8. The highest BCUT2D eigenvalue weighted by Crippen LogP contribution is 2.29. The molecular weight excluding hydrogens is 378 g/mol. The van der Waals surface area contributed by atoms with E-state index in [2.05, 4.69) is 4.98 Å². The zero-order valence-electron chi connectivity index (χ0n) is 17.1. The maximum absolute atomic E-state index is 13.2. The SMILES string of the molecule is Cc1nc2ccccc2c(=O)n1-c1ccc(C(=O)N2CCOC3CCCCC32)cc1. The summed E-state index contributed by atoms with van der Waals surface area (Å²) in [5, 5.41) is 0.583. The van der Waals surface area contributed by atoms with Crippen molar-refractivity contribution in [3.05, 3.63) is 70.3 Å². The van der Waals surface area contributed by atoms with Crippen molar-refractivity contribution in [2.75, 3.05) is 13.2 Å². The summed E-state index contributed by atoms with van der Waals surface area (Å²) in [4.78, 5) is 32.8. The van der Waals surface area contributed by atoms with Gasteiger partial charge in [0.15, 0.2) is 0 Å². The molecule has 2 atom stereocenters. The van der Waals surface area contributed by atoms with Crippen molar-refractivity contribution in [2.45, 2.75) is 44.8 Å². The number of fused-ring (bicyclic) bond motifs is 2. The molecule has 2 aliphatic rings. The first-order valence-corrected chi connectivity index (χ1v) is 10.6. The molecule has 1 aliphatic carbocycles. The molecule has 0 radical (unpaired) electrons. The number of rotatable bonds is 2. The van der Waals surface area contributed by atoms with Gasteiger partial charge in [0.1, 0.15) is 5.82 Å². The Morgan fingerprint density at radius 1 is 1.07 bits per heavy atom. The Morgan fingerprint density at radius 2 is 1.83 bits per heavy atom. The van der Waals surface area contributed by atoms with Crippen LogP contribution in [0.1, 0.15) is 41.9 Å². The van der Waals surface area contributed by atoms with E-state index >= 15 is 0 Å². The van der Waals surface area contributed by atoms with Crippen LogP contribution in [0.4, 0.5) is 0 Å². The fourth-order valence-electron chi connectivity index (χ4n) is 4.82. The van der Waals surface area contributed by atoms with Gasteiger partial charge in [0, 0.05) is 12.1 Å². The minimum absolute atomic E-state index is 0.0439. The first-order valence-electron chi connectivity index (χ1n) is 10.6. The lowest BCUT2D eigenvalue weighted by Gasteiger charge is -2.43. The standard InChI is InChI=1S/C24H25N3O3/c1-16-25-20-7-3-2-6-19(20)24(29)27(16)18-12-10-17(11-13-18)23(28)26-14-15-30-22-9-5-4-8-21(22)26/h2-3,6-7,10-13,21-22H,4-5,8-9,14-15H2,1H3. The van der Waals surface area contributed by atoms with Crippen molar-refractivity contribution in [1.29, 1.82) is 0 Å². The molecule has 2 heterocycles. The number of para-hydroxylation sites is 1. The molecular formula is C24H25N3O3. The van der Waals surface area contributed by atoms with Crippen molar-refractivity contribution in [2.24, 2.45) is 0 Å². The second-order valence-electron chi connectivity index (χ2n) is 8.12. The molecule has 30 heavy (non-hydrogen) atoms. The smallest absolute Gasteiger partial charge is 0.265 e. The zero-order chi connectivity index (χ0) is 20.7. The summed E-state index contributed by atoms with van der Waals surface area (Å²) in [6.07, 6.45) is 4.52. The number of hydrogen-bond donors (Lipinski definition) is 0. The van der Waals surface area contributed by atoms with Crippen molar-refractivity contribution in [1.82, 2.24) is 14.5 Å². The molecule has 0 spiro atoms. The number of amides is 1. The van der Waals surface area contributed by atoms with E-state index in [4.69, 9.17) is 4.74 Å². The van der Waals surface area contributed by atoms with Crippen molar-refractivity contribution in [3.8, 4) is 5.69 Å². The third kappa shape index (κ3) is 3.21. The van der Waals surface area contributed by atoms with Crippen molar-refractivity contribution < 1.29 is 9.53 Å². The van der Waals surface area contributed by atoms with E-state index in [1.165, 1.54) is 6.42 Å². The lowest BCUT2D eigenvalue weighted by Crippen LogP contribution is -2.54. The maximum atomic E-state index is 13.2. The Kier molecular flexibility index (Phi) is 4.87. The normalized spacial score (nSPS) is 21.4. The summed E-state index contributed by atoms with van der Waals surface area (Å²) in [5.74, 6) is 0.665. The maximum Gasteiger partial charge on any atom is 0.265 e. The first kappa shape index (κ1) is 19.0. The van der Waals surface area contributed by atoms with E-state index in [-0.39, 0.29) is 23.6 Å². The number of ether oxygens (including phenoxy) is 1. The van der Waals surface area contributed by atoms with Gasteiger partial charge < -0.3 is 9.64 Å². The van der Waals surface area contributed by atoms with Crippen LogP contribution in [0.15, 0.2) is 53.3 Å². The number of aromatic nitrogens is 2. The predicted molar refractivity (Wildman–Crippen MR) is 115 cm³/mol. The molecule has 154 valence electrons. The van der Waals surface area contributed by atoms with Gasteiger partial charge in [-0.1, -0.05) is 25.0 Å². The largest absolute Gasteiger partial charge is 0.374 e. The highest BCUT2D eigenvalue weighted by atomic mass is 16.5. The highest BCUT2D eigenvalue weighted by molar-refractivity contribution is 5.94. The van der Waals surface area contributed by atoms with Crippen LogP contribution in [0.5, 0.6) is 0 Å². The molecule has 1 saturated carbocycles. The molecule has 6 nitrogen and oxygen atoms in total. The third-order valence-corrected chi connectivity index (χ3v) is 6.31. The van der Waals surface area contributed by atoms with Gasteiger partial charge in [0.2, 0.25) is 0 Å². The van der Waals surface area contributed by atoms with Gasteiger partial charge in [-0.15, -0.1) is 0 Å². The molecule has 2 unspecified atom stereocenters. The van der Waals surface area contributed by atoms with Gasteiger partial charge in [-0.05, 0) is 56.2 Å². The molecule has 6 heteroatoms. The van der Waals surface area contributed by atoms with Crippen LogP contribution >= 0.6 is 0 Å². The molecule has 2 fully saturated rings. The molecule has 1 saturated heterocycles. The molecule has 0 N–H and O–H groups in total. The Morgan fingerprint density at radius 3 is 2.67 bits per heavy atom. The fourth-order valence-corrected chi connectivity index (χ4v) is 4.82. The predicted octanol–water partition coefficient (Wildman–Crippen LogP) is 3.48. The second-order valence-corrected chi connectivity index (χ2v) is 8.12. The van der Waals surface area contributed by atoms with Crippen LogP contribution in [0, 0.1) is 6.92 Å². The van der Waals surface area contributed by atoms with Crippen LogP contribution in [0.2, 0.25) is 0 Å². The van der Waals surface area contributed by atoms with Gasteiger partial charge in [-0.3, -0.25) is 14.2 Å². The topological polar surface area (TPSA) is 64.4 Å². The van der Waals surface area contributed by atoms with Gasteiger partial charge in [0.25, 0.3) is 11.5 Å². The summed E-state index contributed by atoms with van der Waals surface area (Å²) >= 11 is 0. The quantitative estimate of drug-likeness (QED) is 0.657. The monoisotopic (exact) mass is 403 g/mol. The van der Waals surface area contributed by atoms with Gasteiger partial charge >= 0.3 is 0 Å². The zero-order valence-corrected chi connectivity index (χ0v) is 17.1. The van der Waals surface area contributed by atoms with Crippen LogP contribution in [0.25, 0.3) is 16.6 Å². The summed E-state index contributed by atoms with van der Waals surface area (Å²) in [5.41, 5.74) is 1.95.